The van der Waals surface area contributed by atoms with Crippen molar-refractivity contribution in [3.63, 3.8) is 0 Å². The Kier molecular flexibility index (Phi) is 7.06. The highest BCUT2D eigenvalue weighted by atomic mass is 16.5. The third kappa shape index (κ3) is 6.34. The van der Waals surface area contributed by atoms with Crippen LogP contribution >= 0.6 is 0 Å². The largest absolute Gasteiger partial charge is 0.445 e. The molecule has 1 fully saturated rings. The standard InChI is InChI=1S/C23H27N3O4/c1-15(18-10-12-20(13-11-18)26-22(28)19-8-9-19)24-21(27)16(2)25-23(29)30-14-17-6-4-3-5-7-17/h3-7,10-13,15-16,19H,8-9,14H2,1-2H3,(H,24,27)(H,25,29)(H,26,28)/t15-,16-/m0/s1. The number of amides is 3. The Balaban J connectivity index is 1.43. The van der Waals surface area contributed by atoms with E-state index in [0.717, 1.165) is 29.7 Å². The second kappa shape index (κ2) is 9.91. The highest BCUT2D eigenvalue weighted by Gasteiger charge is 2.29. The molecule has 7 nitrogen and oxygen atoms in total. The van der Waals surface area contributed by atoms with Gasteiger partial charge in [-0.25, -0.2) is 4.79 Å². The minimum absolute atomic E-state index is 0.0585. The molecule has 30 heavy (non-hydrogen) atoms. The Hall–Kier alpha value is -3.35. The van der Waals surface area contributed by atoms with E-state index >= 15 is 0 Å². The summed E-state index contributed by atoms with van der Waals surface area (Å²) >= 11 is 0. The first kappa shape index (κ1) is 21.4. The topological polar surface area (TPSA) is 96.5 Å². The number of nitrogens with one attached hydrogen (secondary N) is 3. The van der Waals surface area contributed by atoms with Gasteiger partial charge in [0.15, 0.2) is 0 Å². The molecule has 2 aromatic carbocycles. The number of benzene rings is 2. The van der Waals surface area contributed by atoms with Gasteiger partial charge in [0, 0.05) is 11.6 Å². The molecule has 7 heteroatoms. The summed E-state index contributed by atoms with van der Waals surface area (Å²) in [5, 5.41) is 8.29. The van der Waals surface area contributed by atoms with Crippen molar-refractivity contribution < 1.29 is 19.1 Å². The molecular formula is C23H27N3O4. The Labute approximate surface area is 176 Å². The van der Waals surface area contributed by atoms with Gasteiger partial charge in [-0.1, -0.05) is 42.5 Å². The predicted molar refractivity (Wildman–Crippen MR) is 114 cm³/mol. The molecule has 3 rings (SSSR count). The van der Waals surface area contributed by atoms with Crippen LogP contribution in [0, 0.1) is 5.92 Å². The molecule has 0 heterocycles. The second-order valence-corrected chi connectivity index (χ2v) is 7.54. The van der Waals surface area contributed by atoms with Crippen molar-refractivity contribution in [1.82, 2.24) is 10.6 Å². The molecule has 0 spiro atoms. The van der Waals surface area contributed by atoms with Gasteiger partial charge < -0.3 is 20.7 Å². The number of rotatable bonds is 8. The first-order valence-electron chi connectivity index (χ1n) is 10.1. The quantitative estimate of drug-likeness (QED) is 0.621. The summed E-state index contributed by atoms with van der Waals surface area (Å²) < 4.78 is 5.14. The molecule has 1 aliphatic carbocycles. The maximum absolute atomic E-state index is 12.4. The van der Waals surface area contributed by atoms with Gasteiger partial charge in [-0.05, 0) is 49.9 Å². The van der Waals surface area contributed by atoms with Crippen LogP contribution in [0.1, 0.15) is 43.9 Å². The Morgan fingerprint density at radius 2 is 1.63 bits per heavy atom. The van der Waals surface area contributed by atoms with E-state index in [1.165, 1.54) is 0 Å². The van der Waals surface area contributed by atoms with Gasteiger partial charge in [-0.3, -0.25) is 9.59 Å². The first-order chi connectivity index (χ1) is 14.4. The van der Waals surface area contributed by atoms with Crippen LogP contribution in [0.2, 0.25) is 0 Å². The van der Waals surface area contributed by atoms with Crippen LogP contribution in [0.5, 0.6) is 0 Å². The summed E-state index contributed by atoms with van der Waals surface area (Å²) in [5.41, 5.74) is 2.51. The summed E-state index contributed by atoms with van der Waals surface area (Å²) in [6.45, 7) is 3.60. The Bertz CT molecular complexity index is 879. The number of alkyl carbamates (subject to hydrolysis) is 1. The highest BCUT2D eigenvalue weighted by molar-refractivity contribution is 5.94. The Morgan fingerprint density at radius 3 is 2.27 bits per heavy atom. The SMILES string of the molecule is C[C@H](NC(=O)OCc1ccccc1)C(=O)N[C@@H](C)c1ccc(NC(=O)C2CC2)cc1. The molecular weight excluding hydrogens is 382 g/mol. The van der Waals surface area contributed by atoms with E-state index in [0.29, 0.717) is 0 Å². The van der Waals surface area contributed by atoms with Gasteiger partial charge in [-0.15, -0.1) is 0 Å². The van der Waals surface area contributed by atoms with Crippen LogP contribution in [0.25, 0.3) is 0 Å². The maximum Gasteiger partial charge on any atom is 0.408 e. The average molecular weight is 409 g/mol. The van der Waals surface area contributed by atoms with Gasteiger partial charge in [0.05, 0.1) is 6.04 Å². The van der Waals surface area contributed by atoms with E-state index in [1.54, 1.807) is 6.92 Å². The monoisotopic (exact) mass is 409 g/mol. The zero-order valence-corrected chi connectivity index (χ0v) is 17.2. The molecule has 1 aliphatic rings. The number of anilines is 1. The average Bonchev–Trinajstić information content (AvgIpc) is 3.59. The molecule has 158 valence electrons. The molecule has 1 saturated carbocycles. The fourth-order valence-electron chi connectivity index (χ4n) is 2.87. The van der Waals surface area contributed by atoms with Crippen LogP contribution in [0.4, 0.5) is 10.5 Å². The molecule has 2 aromatic rings. The number of carbonyl (C=O) groups is 3. The lowest BCUT2D eigenvalue weighted by Gasteiger charge is -2.19. The second-order valence-electron chi connectivity index (χ2n) is 7.54. The van der Waals surface area contributed by atoms with E-state index < -0.39 is 12.1 Å². The van der Waals surface area contributed by atoms with Gasteiger partial charge in [0.25, 0.3) is 0 Å². The van der Waals surface area contributed by atoms with Gasteiger partial charge in [-0.2, -0.15) is 0 Å². The third-order valence-electron chi connectivity index (χ3n) is 4.93. The van der Waals surface area contributed by atoms with E-state index in [2.05, 4.69) is 16.0 Å². The number of ether oxygens (including phenoxy) is 1. The van der Waals surface area contributed by atoms with E-state index in [9.17, 15) is 14.4 Å². The van der Waals surface area contributed by atoms with Crippen LogP contribution in [-0.4, -0.2) is 23.9 Å². The van der Waals surface area contributed by atoms with Crippen molar-refractivity contribution >= 4 is 23.6 Å². The fraction of sp³-hybridized carbons (Fsp3) is 0.348. The number of hydrogen-bond donors (Lipinski definition) is 3. The zero-order valence-electron chi connectivity index (χ0n) is 17.2. The van der Waals surface area contributed by atoms with Crippen LogP contribution in [0.3, 0.4) is 0 Å². The molecule has 3 N–H and O–H groups in total. The van der Waals surface area contributed by atoms with Gasteiger partial charge in [0.2, 0.25) is 11.8 Å². The highest BCUT2D eigenvalue weighted by Crippen LogP contribution is 2.30. The van der Waals surface area contributed by atoms with Crippen molar-refractivity contribution in [1.29, 1.82) is 0 Å². The predicted octanol–water partition coefficient (Wildman–Crippen LogP) is 3.53. The molecule has 0 radical (unpaired) electrons. The minimum Gasteiger partial charge on any atom is -0.445 e. The van der Waals surface area contributed by atoms with E-state index in [4.69, 9.17) is 4.74 Å². The minimum atomic E-state index is -0.743. The smallest absolute Gasteiger partial charge is 0.408 e. The molecule has 0 unspecified atom stereocenters. The molecule has 0 aliphatic heterocycles. The van der Waals surface area contributed by atoms with Crippen molar-refractivity contribution in [2.75, 3.05) is 5.32 Å². The van der Waals surface area contributed by atoms with Crippen LogP contribution < -0.4 is 16.0 Å². The van der Waals surface area contributed by atoms with Gasteiger partial charge in [0.1, 0.15) is 12.6 Å². The molecule has 3 amide bonds. The van der Waals surface area contributed by atoms with E-state index in [-0.39, 0.29) is 30.4 Å². The lowest BCUT2D eigenvalue weighted by molar-refractivity contribution is -0.123. The molecule has 0 aromatic heterocycles. The first-order valence-corrected chi connectivity index (χ1v) is 10.1. The third-order valence-corrected chi connectivity index (χ3v) is 4.93. The lowest BCUT2D eigenvalue weighted by Crippen LogP contribution is -2.45. The van der Waals surface area contributed by atoms with Crippen molar-refractivity contribution in [2.24, 2.45) is 5.92 Å². The number of carbonyl (C=O) groups excluding carboxylic acids is 3. The molecule has 0 bridgehead atoms. The summed E-state index contributed by atoms with van der Waals surface area (Å²) in [5.74, 6) is -0.107. The fourth-order valence-corrected chi connectivity index (χ4v) is 2.87. The molecule has 2 atom stereocenters. The number of hydrogen-bond acceptors (Lipinski definition) is 4. The summed E-state index contributed by atoms with van der Waals surface area (Å²) in [7, 11) is 0. The van der Waals surface area contributed by atoms with Crippen molar-refractivity contribution in [3.8, 4) is 0 Å². The van der Waals surface area contributed by atoms with Crippen molar-refractivity contribution in [2.45, 2.75) is 45.4 Å². The molecule has 0 saturated heterocycles. The van der Waals surface area contributed by atoms with Crippen LogP contribution in [-0.2, 0) is 20.9 Å². The zero-order chi connectivity index (χ0) is 21.5. The maximum atomic E-state index is 12.4. The summed E-state index contributed by atoms with van der Waals surface area (Å²) in [6, 6.07) is 15.7. The summed E-state index contributed by atoms with van der Waals surface area (Å²) in [4.78, 5) is 36.1. The Morgan fingerprint density at radius 1 is 0.967 bits per heavy atom. The van der Waals surface area contributed by atoms with E-state index in [1.807, 2.05) is 61.5 Å². The lowest BCUT2D eigenvalue weighted by atomic mass is 10.1. The van der Waals surface area contributed by atoms with Gasteiger partial charge >= 0.3 is 6.09 Å². The normalized spacial score (nSPS) is 14.9. The van der Waals surface area contributed by atoms with Crippen molar-refractivity contribution in [3.05, 3.63) is 65.7 Å². The van der Waals surface area contributed by atoms with Crippen LogP contribution in [0.15, 0.2) is 54.6 Å². The summed E-state index contributed by atoms with van der Waals surface area (Å²) in [6.07, 6.45) is 1.27.